The van der Waals surface area contributed by atoms with E-state index in [1.807, 2.05) is 0 Å². The van der Waals surface area contributed by atoms with Gasteiger partial charge in [-0.05, 0) is 19.3 Å². The zero-order chi connectivity index (χ0) is 11.7. The Morgan fingerprint density at radius 2 is 1.75 bits per heavy atom. The van der Waals surface area contributed by atoms with Crippen LogP contribution in [0.15, 0.2) is 0 Å². The van der Waals surface area contributed by atoms with Gasteiger partial charge < -0.3 is 9.84 Å². The topological polar surface area (TPSA) is 29.5 Å². The van der Waals surface area contributed by atoms with E-state index in [1.54, 1.807) is 0 Å². The Kier molecular flexibility index (Phi) is 7.06. The molecular weight excluding hydrogens is 200 g/mol. The second-order valence-electron chi connectivity index (χ2n) is 5.25. The van der Waals surface area contributed by atoms with Crippen molar-refractivity contribution in [3.05, 3.63) is 0 Å². The summed E-state index contributed by atoms with van der Waals surface area (Å²) in [5, 5.41) is 10.2. The van der Waals surface area contributed by atoms with Crippen LogP contribution in [0, 0.1) is 0 Å². The molecule has 1 aliphatic heterocycles. The van der Waals surface area contributed by atoms with Crippen molar-refractivity contribution >= 4 is 0 Å². The third-order valence-electron chi connectivity index (χ3n) is 3.55. The SMILES string of the molecule is CCCCCCCCCC1(O)CCCOC1. The van der Waals surface area contributed by atoms with E-state index in [-0.39, 0.29) is 0 Å². The Labute approximate surface area is 100 Å². The van der Waals surface area contributed by atoms with E-state index in [9.17, 15) is 5.11 Å². The highest BCUT2D eigenvalue weighted by molar-refractivity contribution is 4.80. The fourth-order valence-corrected chi connectivity index (χ4v) is 2.45. The highest BCUT2D eigenvalue weighted by atomic mass is 16.5. The summed E-state index contributed by atoms with van der Waals surface area (Å²) < 4.78 is 5.35. The second-order valence-corrected chi connectivity index (χ2v) is 5.25. The van der Waals surface area contributed by atoms with Crippen LogP contribution in [0.4, 0.5) is 0 Å². The lowest BCUT2D eigenvalue weighted by molar-refractivity contribution is -0.0906. The van der Waals surface area contributed by atoms with E-state index in [0.717, 1.165) is 32.3 Å². The normalized spacial score (nSPS) is 25.9. The molecule has 0 aliphatic carbocycles. The molecule has 0 aromatic rings. The number of rotatable bonds is 8. The third-order valence-corrected chi connectivity index (χ3v) is 3.55. The molecule has 1 fully saturated rings. The minimum Gasteiger partial charge on any atom is -0.387 e. The fourth-order valence-electron chi connectivity index (χ4n) is 2.45. The lowest BCUT2D eigenvalue weighted by Crippen LogP contribution is -2.38. The summed E-state index contributed by atoms with van der Waals surface area (Å²) in [6.07, 6.45) is 12.1. The molecule has 1 heterocycles. The van der Waals surface area contributed by atoms with Crippen molar-refractivity contribution in [2.24, 2.45) is 0 Å². The third kappa shape index (κ3) is 5.86. The van der Waals surface area contributed by atoms with E-state index >= 15 is 0 Å². The molecule has 1 saturated heterocycles. The van der Waals surface area contributed by atoms with Crippen molar-refractivity contribution in [2.45, 2.75) is 76.7 Å². The number of hydrogen-bond acceptors (Lipinski definition) is 2. The van der Waals surface area contributed by atoms with Gasteiger partial charge in [0.25, 0.3) is 0 Å². The summed E-state index contributed by atoms with van der Waals surface area (Å²) in [5.41, 5.74) is -0.498. The highest BCUT2D eigenvalue weighted by Gasteiger charge is 2.28. The van der Waals surface area contributed by atoms with Crippen LogP contribution in [0.5, 0.6) is 0 Å². The van der Waals surface area contributed by atoms with Crippen molar-refractivity contribution in [3.8, 4) is 0 Å². The maximum atomic E-state index is 10.2. The number of hydrogen-bond donors (Lipinski definition) is 1. The molecule has 1 rings (SSSR count). The van der Waals surface area contributed by atoms with Crippen LogP contribution < -0.4 is 0 Å². The Morgan fingerprint density at radius 1 is 1.06 bits per heavy atom. The first-order chi connectivity index (χ1) is 7.77. The molecular formula is C14H28O2. The molecule has 1 unspecified atom stereocenters. The van der Waals surface area contributed by atoms with Crippen LogP contribution in [-0.2, 0) is 4.74 Å². The molecule has 0 amide bonds. The Morgan fingerprint density at radius 3 is 2.38 bits per heavy atom. The summed E-state index contributed by atoms with van der Waals surface area (Å²) in [4.78, 5) is 0. The minimum atomic E-state index is -0.498. The van der Waals surface area contributed by atoms with Crippen LogP contribution in [0.1, 0.15) is 71.1 Å². The summed E-state index contributed by atoms with van der Waals surface area (Å²) in [5.74, 6) is 0. The summed E-state index contributed by atoms with van der Waals surface area (Å²) in [7, 11) is 0. The maximum Gasteiger partial charge on any atom is 0.0881 e. The molecule has 1 atom stereocenters. The zero-order valence-electron chi connectivity index (χ0n) is 10.8. The van der Waals surface area contributed by atoms with Gasteiger partial charge in [-0.3, -0.25) is 0 Å². The van der Waals surface area contributed by atoms with Crippen LogP contribution in [0.2, 0.25) is 0 Å². The van der Waals surface area contributed by atoms with E-state index in [4.69, 9.17) is 4.74 Å². The number of ether oxygens (including phenoxy) is 1. The smallest absolute Gasteiger partial charge is 0.0881 e. The van der Waals surface area contributed by atoms with Gasteiger partial charge in [0.05, 0.1) is 12.2 Å². The quantitative estimate of drug-likeness (QED) is 0.642. The molecule has 1 N–H and O–H groups in total. The molecule has 0 saturated carbocycles. The predicted octanol–water partition coefficient (Wildman–Crippen LogP) is 3.67. The molecule has 2 nitrogen and oxygen atoms in total. The van der Waals surface area contributed by atoms with Gasteiger partial charge in [0.2, 0.25) is 0 Å². The van der Waals surface area contributed by atoms with Crippen LogP contribution >= 0.6 is 0 Å². The summed E-state index contributed by atoms with van der Waals surface area (Å²) >= 11 is 0. The molecule has 2 heteroatoms. The van der Waals surface area contributed by atoms with E-state index in [2.05, 4.69) is 6.92 Å². The van der Waals surface area contributed by atoms with Crippen molar-refractivity contribution in [1.82, 2.24) is 0 Å². The molecule has 0 bridgehead atoms. The van der Waals surface area contributed by atoms with Crippen molar-refractivity contribution < 1.29 is 9.84 Å². The Balaban J connectivity index is 1.93. The molecule has 0 radical (unpaired) electrons. The number of unbranched alkanes of at least 4 members (excludes halogenated alkanes) is 6. The maximum absolute atomic E-state index is 10.2. The van der Waals surface area contributed by atoms with Gasteiger partial charge in [-0.15, -0.1) is 0 Å². The predicted molar refractivity (Wildman–Crippen MR) is 67.6 cm³/mol. The van der Waals surface area contributed by atoms with Gasteiger partial charge in [0.15, 0.2) is 0 Å². The van der Waals surface area contributed by atoms with Gasteiger partial charge in [0, 0.05) is 6.61 Å². The second kappa shape index (κ2) is 8.08. The largest absolute Gasteiger partial charge is 0.387 e. The van der Waals surface area contributed by atoms with Gasteiger partial charge in [-0.25, -0.2) is 0 Å². The van der Waals surface area contributed by atoms with Crippen molar-refractivity contribution in [1.29, 1.82) is 0 Å². The van der Waals surface area contributed by atoms with Crippen molar-refractivity contribution in [2.75, 3.05) is 13.2 Å². The molecule has 0 aromatic carbocycles. The first kappa shape index (κ1) is 14.0. The Bertz CT molecular complexity index is 162. The van der Waals surface area contributed by atoms with E-state index in [0.29, 0.717) is 6.61 Å². The lowest BCUT2D eigenvalue weighted by atomic mass is 9.90. The molecule has 96 valence electrons. The summed E-state index contributed by atoms with van der Waals surface area (Å²) in [6, 6.07) is 0. The molecule has 16 heavy (non-hydrogen) atoms. The lowest BCUT2D eigenvalue weighted by Gasteiger charge is -2.31. The number of aliphatic hydroxyl groups is 1. The highest BCUT2D eigenvalue weighted by Crippen LogP contribution is 2.25. The molecule has 1 aliphatic rings. The van der Waals surface area contributed by atoms with E-state index in [1.165, 1.54) is 38.5 Å². The first-order valence-electron chi connectivity index (χ1n) is 7.07. The summed E-state index contributed by atoms with van der Waals surface area (Å²) in [6.45, 7) is 3.64. The van der Waals surface area contributed by atoms with Gasteiger partial charge >= 0.3 is 0 Å². The average molecular weight is 228 g/mol. The fraction of sp³-hybridized carbons (Fsp3) is 1.00. The first-order valence-corrected chi connectivity index (χ1v) is 7.07. The minimum absolute atomic E-state index is 0.498. The van der Waals surface area contributed by atoms with Gasteiger partial charge in [-0.2, -0.15) is 0 Å². The standard InChI is InChI=1S/C14H28O2/c1-2-3-4-5-6-7-8-10-14(15)11-9-12-16-13-14/h15H,2-13H2,1H3. The zero-order valence-corrected chi connectivity index (χ0v) is 10.8. The average Bonchev–Trinajstić information content (AvgIpc) is 2.29. The monoisotopic (exact) mass is 228 g/mol. The van der Waals surface area contributed by atoms with E-state index < -0.39 is 5.60 Å². The van der Waals surface area contributed by atoms with Crippen molar-refractivity contribution in [3.63, 3.8) is 0 Å². The van der Waals surface area contributed by atoms with Crippen LogP contribution in [0.25, 0.3) is 0 Å². The van der Waals surface area contributed by atoms with Crippen LogP contribution in [-0.4, -0.2) is 23.9 Å². The van der Waals surface area contributed by atoms with Gasteiger partial charge in [-0.1, -0.05) is 51.9 Å². The molecule has 0 aromatic heterocycles. The van der Waals surface area contributed by atoms with Gasteiger partial charge in [0.1, 0.15) is 0 Å². The molecule has 0 spiro atoms. The van der Waals surface area contributed by atoms with Crippen LogP contribution in [0.3, 0.4) is 0 Å². The Hall–Kier alpha value is -0.0800.